The lowest BCUT2D eigenvalue weighted by molar-refractivity contribution is -0.118. The van der Waals surface area contributed by atoms with Gasteiger partial charge < -0.3 is 29.6 Å². The molecule has 5 heterocycles. The second kappa shape index (κ2) is 12.8. The number of nitrogens with zero attached hydrogens (tertiary/aromatic N) is 4. The van der Waals surface area contributed by atoms with E-state index in [1.54, 1.807) is 17.0 Å². The van der Waals surface area contributed by atoms with Gasteiger partial charge in [0, 0.05) is 18.2 Å². The first kappa shape index (κ1) is 31.1. The Balaban J connectivity index is 0.977. The largest absolute Gasteiger partial charge is 0.480 e. The van der Waals surface area contributed by atoms with Crippen molar-refractivity contribution in [3.05, 3.63) is 60.2 Å². The number of hydrogen-bond acceptors (Lipinski definition) is 10. The van der Waals surface area contributed by atoms with E-state index < -0.39 is 11.7 Å². The summed E-state index contributed by atoms with van der Waals surface area (Å²) < 4.78 is 22.5. The standard InChI is InChI=1S/C33H38N6O7/c1-20-26(18-38(20)32(42)46-33(2,3)4)45-29-10-6-9-24(35-29)22-8-5-7-21(15-22)16-34-14-13-23-17-39(31(41)44-23)27-12-11-25-30(36-27)37-28(40)19-43-25/h5-12,15,20,23,26,34H,13-14,16-19H2,1-4H3,(H,36,37,40)/t20?,23-,26?/m0/s1. The molecule has 3 aliphatic heterocycles. The number of carbonyl (C=O) groups is 3. The smallest absolute Gasteiger partial charge is 0.415 e. The zero-order valence-electron chi connectivity index (χ0n) is 26.3. The molecule has 2 N–H and O–H groups in total. The van der Waals surface area contributed by atoms with Crippen molar-refractivity contribution in [2.24, 2.45) is 0 Å². The van der Waals surface area contributed by atoms with Crippen LogP contribution in [0.25, 0.3) is 11.3 Å². The molecule has 0 spiro atoms. The van der Waals surface area contributed by atoms with Crippen LogP contribution in [0.3, 0.4) is 0 Å². The van der Waals surface area contributed by atoms with Crippen LogP contribution in [0.2, 0.25) is 0 Å². The van der Waals surface area contributed by atoms with E-state index >= 15 is 0 Å². The fraction of sp³-hybridized carbons (Fsp3) is 0.424. The molecule has 2 fully saturated rings. The van der Waals surface area contributed by atoms with E-state index in [1.165, 1.54) is 4.90 Å². The number of likely N-dealkylation sites (tertiary alicyclic amines) is 1. The molecule has 3 atom stereocenters. The van der Waals surface area contributed by atoms with Gasteiger partial charge in [-0.15, -0.1) is 0 Å². The quantitative estimate of drug-likeness (QED) is 0.327. The maximum absolute atomic E-state index is 12.5. The minimum absolute atomic E-state index is 0.0586. The SMILES string of the molecule is CC1C(Oc2cccc(-c3cccc(CNCC[C@H]4CN(c5ccc6c(n5)NC(=O)CO6)C(=O)O4)c3)n2)CN1C(=O)OC(C)(C)C. The molecule has 0 bridgehead atoms. The molecule has 3 amide bonds. The first-order valence-electron chi connectivity index (χ1n) is 15.4. The summed E-state index contributed by atoms with van der Waals surface area (Å²) in [5.41, 5.74) is 2.28. The summed E-state index contributed by atoms with van der Waals surface area (Å²) in [5.74, 6) is 1.38. The highest BCUT2D eigenvalue weighted by Gasteiger charge is 2.42. The van der Waals surface area contributed by atoms with E-state index in [1.807, 2.05) is 64.1 Å². The Morgan fingerprint density at radius 2 is 1.91 bits per heavy atom. The van der Waals surface area contributed by atoms with E-state index in [2.05, 4.69) is 21.7 Å². The average molecular weight is 631 g/mol. The number of amides is 3. The van der Waals surface area contributed by atoms with Crippen molar-refractivity contribution in [1.82, 2.24) is 20.2 Å². The highest BCUT2D eigenvalue weighted by molar-refractivity contribution is 5.95. The number of anilines is 2. The lowest BCUT2D eigenvalue weighted by atomic mass is 10.0. The average Bonchev–Trinajstić information content (AvgIpc) is 3.40. The number of fused-ring (bicyclic) bond motifs is 1. The van der Waals surface area contributed by atoms with Crippen molar-refractivity contribution < 1.29 is 33.3 Å². The Bertz CT molecular complexity index is 1630. The molecule has 0 radical (unpaired) electrons. The maximum Gasteiger partial charge on any atom is 0.415 e. The molecule has 13 heteroatoms. The first-order chi connectivity index (χ1) is 22.0. The number of cyclic esters (lactones) is 1. The first-order valence-corrected chi connectivity index (χ1v) is 15.4. The molecule has 13 nitrogen and oxygen atoms in total. The molecule has 242 valence electrons. The molecule has 2 aromatic heterocycles. The molecule has 46 heavy (non-hydrogen) atoms. The van der Waals surface area contributed by atoms with Crippen LogP contribution in [0, 0.1) is 0 Å². The number of benzene rings is 1. The fourth-order valence-corrected chi connectivity index (χ4v) is 5.37. The minimum Gasteiger partial charge on any atom is -0.480 e. The van der Waals surface area contributed by atoms with Gasteiger partial charge in [-0.05, 0) is 70.5 Å². The Morgan fingerprint density at radius 3 is 2.72 bits per heavy atom. The molecule has 3 aliphatic rings. The minimum atomic E-state index is -0.546. The molecule has 2 saturated heterocycles. The van der Waals surface area contributed by atoms with Crippen molar-refractivity contribution >= 4 is 29.7 Å². The van der Waals surface area contributed by atoms with Gasteiger partial charge in [0.1, 0.15) is 23.6 Å². The summed E-state index contributed by atoms with van der Waals surface area (Å²) in [6, 6.07) is 17.0. The predicted octanol–water partition coefficient (Wildman–Crippen LogP) is 4.37. The Hall–Kier alpha value is -4.91. The normalized spacial score (nSPS) is 20.7. The molecule has 2 unspecified atom stereocenters. The number of aromatic nitrogens is 2. The van der Waals surface area contributed by atoms with Crippen molar-refractivity contribution in [3.8, 4) is 22.9 Å². The molecule has 0 saturated carbocycles. The summed E-state index contributed by atoms with van der Waals surface area (Å²) >= 11 is 0. The van der Waals surface area contributed by atoms with E-state index in [0.29, 0.717) is 55.9 Å². The number of carbonyl (C=O) groups excluding carboxylic acids is 3. The number of ether oxygens (including phenoxy) is 4. The van der Waals surface area contributed by atoms with Crippen molar-refractivity contribution in [2.45, 2.75) is 64.5 Å². The van der Waals surface area contributed by atoms with Crippen LogP contribution in [-0.4, -0.2) is 83.1 Å². The van der Waals surface area contributed by atoms with Crippen LogP contribution < -0.4 is 25.0 Å². The topological polar surface area (TPSA) is 144 Å². The van der Waals surface area contributed by atoms with E-state index in [0.717, 1.165) is 16.8 Å². The lowest BCUT2D eigenvalue weighted by Gasteiger charge is -2.45. The van der Waals surface area contributed by atoms with Crippen molar-refractivity contribution in [1.29, 1.82) is 0 Å². The van der Waals surface area contributed by atoms with E-state index in [-0.39, 0.29) is 36.9 Å². The highest BCUT2D eigenvalue weighted by atomic mass is 16.6. The molecular weight excluding hydrogens is 592 g/mol. The number of nitrogens with one attached hydrogen (secondary N) is 2. The lowest BCUT2D eigenvalue weighted by Crippen LogP contribution is -2.63. The van der Waals surface area contributed by atoms with Gasteiger partial charge in [0.2, 0.25) is 5.88 Å². The Kier molecular flexibility index (Phi) is 8.67. The summed E-state index contributed by atoms with van der Waals surface area (Å²) in [4.78, 5) is 48.8. The van der Waals surface area contributed by atoms with Crippen LogP contribution in [0.4, 0.5) is 21.2 Å². The summed E-state index contributed by atoms with van der Waals surface area (Å²) in [7, 11) is 0. The van der Waals surface area contributed by atoms with Gasteiger partial charge in [-0.2, -0.15) is 0 Å². The zero-order valence-corrected chi connectivity index (χ0v) is 26.3. The highest BCUT2D eigenvalue weighted by Crippen LogP contribution is 2.31. The van der Waals surface area contributed by atoms with Gasteiger partial charge in [0.15, 0.2) is 18.2 Å². The molecule has 6 rings (SSSR count). The van der Waals surface area contributed by atoms with Crippen molar-refractivity contribution in [2.75, 3.05) is 36.5 Å². The number of hydrogen-bond donors (Lipinski definition) is 2. The van der Waals surface area contributed by atoms with Crippen LogP contribution >= 0.6 is 0 Å². The van der Waals surface area contributed by atoms with Crippen LogP contribution in [0.1, 0.15) is 39.7 Å². The van der Waals surface area contributed by atoms with Crippen LogP contribution in [-0.2, 0) is 20.8 Å². The maximum atomic E-state index is 12.5. The van der Waals surface area contributed by atoms with Gasteiger partial charge in [0.25, 0.3) is 5.91 Å². The van der Waals surface area contributed by atoms with E-state index in [4.69, 9.17) is 23.9 Å². The second-order valence-corrected chi connectivity index (χ2v) is 12.5. The van der Waals surface area contributed by atoms with Crippen LogP contribution in [0.5, 0.6) is 11.6 Å². The molecule has 3 aromatic rings. The molecule has 1 aromatic carbocycles. The van der Waals surface area contributed by atoms with Crippen molar-refractivity contribution in [3.63, 3.8) is 0 Å². The van der Waals surface area contributed by atoms with Gasteiger partial charge in [-0.3, -0.25) is 14.6 Å². The van der Waals surface area contributed by atoms with Gasteiger partial charge in [-0.25, -0.2) is 19.6 Å². The monoisotopic (exact) mass is 630 g/mol. The van der Waals surface area contributed by atoms with Gasteiger partial charge in [-0.1, -0.05) is 24.3 Å². The van der Waals surface area contributed by atoms with Gasteiger partial charge in [0.05, 0.1) is 24.8 Å². The number of pyridine rings is 2. The summed E-state index contributed by atoms with van der Waals surface area (Å²) in [6.07, 6.45) is -0.647. The molecule has 0 aliphatic carbocycles. The third kappa shape index (κ3) is 7.15. The molecular formula is C33H38N6O7. The summed E-state index contributed by atoms with van der Waals surface area (Å²) in [5, 5.41) is 6.09. The number of rotatable bonds is 9. The zero-order chi connectivity index (χ0) is 32.4. The third-order valence-electron chi connectivity index (χ3n) is 7.84. The second-order valence-electron chi connectivity index (χ2n) is 12.5. The van der Waals surface area contributed by atoms with Gasteiger partial charge >= 0.3 is 12.2 Å². The fourth-order valence-electron chi connectivity index (χ4n) is 5.37. The predicted molar refractivity (Wildman–Crippen MR) is 169 cm³/mol. The van der Waals surface area contributed by atoms with E-state index in [9.17, 15) is 14.4 Å². The Morgan fingerprint density at radius 1 is 1.09 bits per heavy atom. The summed E-state index contributed by atoms with van der Waals surface area (Å²) in [6.45, 7) is 9.50. The Labute approximate surface area is 267 Å². The van der Waals surface area contributed by atoms with Crippen LogP contribution in [0.15, 0.2) is 54.6 Å². The third-order valence-corrected chi connectivity index (χ3v) is 7.84.